The van der Waals surface area contributed by atoms with Gasteiger partial charge < -0.3 is 0 Å². The molecule has 0 aromatic heterocycles. The third kappa shape index (κ3) is 3.63. The molecule has 120 valence electrons. The molecular weight excluding hydrogens is 325 g/mol. The summed E-state index contributed by atoms with van der Waals surface area (Å²) in [7, 11) is 0. The lowest BCUT2D eigenvalue weighted by molar-refractivity contribution is -0.123. The number of allylic oxidation sites excluding steroid dienone is 2. The molecule has 1 heterocycles. The topological polar surface area (TPSA) is 37.4 Å². The Morgan fingerprint density at radius 2 is 1.71 bits per heavy atom. The predicted molar refractivity (Wildman–Crippen MR) is 93.5 cm³/mol. The average molecular weight is 339 g/mol. The lowest BCUT2D eigenvalue weighted by Gasteiger charge is -2.12. The third-order valence-corrected chi connectivity index (χ3v) is 4.42. The Morgan fingerprint density at radius 1 is 1.00 bits per heavy atom. The zero-order valence-corrected chi connectivity index (χ0v) is 13.5. The molecule has 1 saturated heterocycles. The molecule has 2 aromatic rings. The zero-order chi connectivity index (χ0) is 16.9. The Kier molecular flexibility index (Phi) is 4.91. The number of hydrogen-bond acceptors (Lipinski definition) is 3. The summed E-state index contributed by atoms with van der Waals surface area (Å²) in [4.78, 5) is 25.8. The van der Waals surface area contributed by atoms with E-state index in [9.17, 15) is 14.0 Å². The standard InChI is InChI=1S/C19H14FNO2S/c20-16-11-5-4-10-15(16)13-21-18(22)17(24-19(21)23)12-6-9-14-7-2-1-3-8-14/h1-12H,13H2/b9-6+,17-12-. The second-order valence-corrected chi connectivity index (χ2v) is 6.14. The highest BCUT2D eigenvalue weighted by molar-refractivity contribution is 8.18. The fourth-order valence-corrected chi connectivity index (χ4v) is 3.05. The number of halogens is 1. The molecule has 1 aliphatic rings. The number of benzene rings is 2. The van der Waals surface area contributed by atoms with Gasteiger partial charge in [-0.2, -0.15) is 0 Å². The van der Waals surface area contributed by atoms with Crippen molar-refractivity contribution in [1.82, 2.24) is 4.90 Å². The van der Waals surface area contributed by atoms with Crippen molar-refractivity contribution in [1.29, 1.82) is 0 Å². The van der Waals surface area contributed by atoms with Gasteiger partial charge >= 0.3 is 0 Å². The van der Waals surface area contributed by atoms with Gasteiger partial charge in [0.25, 0.3) is 11.1 Å². The first-order valence-corrected chi connectivity index (χ1v) is 8.17. The molecule has 0 radical (unpaired) electrons. The van der Waals surface area contributed by atoms with Crippen LogP contribution in [0, 0.1) is 5.82 Å². The molecule has 3 nitrogen and oxygen atoms in total. The number of rotatable bonds is 4. The van der Waals surface area contributed by atoms with Gasteiger partial charge in [0.1, 0.15) is 5.82 Å². The van der Waals surface area contributed by atoms with Crippen molar-refractivity contribution in [3.8, 4) is 0 Å². The van der Waals surface area contributed by atoms with E-state index in [1.54, 1.807) is 30.4 Å². The number of nitrogens with zero attached hydrogens (tertiary/aromatic N) is 1. The van der Waals surface area contributed by atoms with E-state index in [4.69, 9.17) is 0 Å². The van der Waals surface area contributed by atoms with Crippen LogP contribution in [-0.2, 0) is 11.3 Å². The molecule has 1 aliphatic heterocycles. The highest BCUT2D eigenvalue weighted by Gasteiger charge is 2.35. The van der Waals surface area contributed by atoms with Crippen LogP contribution in [0.2, 0.25) is 0 Å². The molecule has 0 saturated carbocycles. The molecular formula is C19H14FNO2S. The summed E-state index contributed by atoms with van der Waals surface area (Å²) in [5, 5.41) is -0.386. The SMILES string of the molecule is O=C1S/C(=C\C=C\c2ccccc2)C(=O)N1Cc1ccccc1F. The minimum absolute atomic E-state index is 0.0585. The maximum absolute atomic E-state index is 13.7. The van der Waals surface area contributed by atoms with Crippen LogP contribution in [-0.4, -0.2) is 16.0 Å². The van der Waals surface area contributed by atoms with E-state index in [-0.39, 0.29) is 11.8 Å². The summed E-state index contributed by atoms with van der Waals surface area (Å²) in [5.74, 6) is -0.824. The first-order chi connectivity index (χ1) is 11.6. The minimum Gasteiger partial charge on any atom is -0.268 e. The van der Waals surface area contributed by atoms with Crippen molar-refractivity contribution in [2.24, 2.45) is 0 Å². The lowest BCUT2D eigenvalue weighted by Crippen LogP contribution is -2.27. The van der Waals surface area contributed by atoms with E-state index in [1.165, 1.54) is 6.07 Å². The molecule has 3 rings (SSSR count). The van der Waals surface area contributed by atoms with E-state index in [0.717, 1.165) is 22.2 Å². The van der Waals surface area contributed by atoms with Gasteiger partial charge in [-0.15, -0.1) is 0 Å². The summed E-state index contributed by atoms with van der Waals surface area (Å²) in [6.07, 6.45) is 5.19. The highest BCUT2D eigenvalue weighted by Crippen LogP contribution is 2.32. The number of amides is 2. The summed E-state index contributed by atoms with van der Waals surface area (Å²) >= 11 is 0.867. The van der Waals surface area contributed by atoms with E-state index in [2.05, 4.69) is 0 Å². The van der Waals surface area contributed by atoms with Gasteiger partial charge in [-0.25, -0.2) is 4.39 Å². The maximum atomic E-state index is 13.7. The Labute approximate surface area is 143 Å². The van der Waals surface area contributed by atoms with Crippen molar-refractivity contribution < 1.29 is 14.0 Å². The van der Waals surface area contributed by atoms with Crippen molar-refractivity contribution in [2.75, 3.05) is 0 Å². The Balaban J connectivity index is 1.73. The summed E-state index contributed by atoms with van der Waals surface area (Å²) in [6, 6.07) is 15.8. The molecule has 5 heteroatoms. The Hall–Kier alpha value is -2.66. The Morgan fingerprint density at radius 3 is 2.46 bits per heavy atom. The lowest BCUT2D eigenvalue weighted by atomic mass is 10.2. The molecule has 0 bridgehead atoms. The first kappa shape index (κ1) is 16.2. The van der Waals surface area contributed by atoms with Crippen LogP contribution in [0.15, 0.2) is 71.7 Å². The quantitative estimate of drug-likeness (QED) is 0.763. The van der Waals surface area contributed by atoms with Crippen molar-refractivity contribution in [2.45, 2.75) is 6.54 Å². The van der Waals surface area contributed by atoms with Gasteiger partial charge in [0, 0.05) is 5.56 Å². The minimum atomic E-state index is -0.426. The molecule has 2 aromatic carbocycles. The van der Waals surface area contributed by atoms with Gasteiger partial charge in [0.15, 0.2) is 0 Å². The second kappa shape index (κ2) is 7.27. The smallest absolute Gasteiger partial charge is 0.268 e. The largest absolute Gasteiger partial charge is 0.293 e. The predicted octanol–water partition coefficient (Wildman–Crippen LogP) is 4.62. The molecule has 0 unspecified atom stereocenters. The average Bonchev–Trinajstić information content (AvgIpc) is 2.85. The van der Waals surface area contributed by atoms with Crippen LogP contribution >= 0.6 is 11.8 Å². The van der Waals surface area contributed by atoms with Crippen LogP contribution in [0.4, 0.5) is 9.18 Å². The number of carbonyl (C=O) groups is 2. The summed E-state index contributed by atoms with van der Waals surface area (Å²) < 4.78 is 13.7. The van der Waals surface area contributed by atoms with Crippen LogP contribution in [0.3, 0.4) is 0 Å². The van der Waals surface area contributed by atoms with E-state index in [1.807, 2.05) is 36.4 Å². The summed E-state index contributed by atoms with van der Waals surface area (Å²) in [5.41, 5.74) is 1.32. The fourth-order valence-electron chi connectivity index (χ4n) is 2.26. The maximum Gasteiger partial charge on any atom is 0.293 e. The van der Waals surface area contributed by atoms with Crippen LogP contribution < -0.4 is 0 Å². The highest BCUT2D eigenvalue weighted by atomic mass is 32.2. The van der Waals surface area contributed by atoms with Crippen molar-refractivity contribution >= 4 is 29.0 Å². The van der Waals surface area contributed by atoms with Crippen molar-refractivity contribution in [3.63, 3.8) is 0 Å². The molecule has 1 fully saturated rings. The molecule has 0 spiro atoms. The monoisotopic (exact) mass is 339 g/mol. The second-order valence-electron chi connectivity index (χ2n) is 5.15. The molecule has 2 amide bonds. The number of carbonyl (C=O) groups excluding carboxylic acids is 2. The van der Waals surface area contributed by atoms with E-state index >= 15 is 0 Å². The Bertz CT molecular complexity index is 830. The molecule has 0 atom stereocenters. The normalized spacial score (nSPS) is 16.5. The van der Waals surface area contributed by atoms with Gasteiger partial charge in [-0.1, -0.05) is 60.7 Å². The van der Waals surface area contributed by atoms with E-state index in [0.29, 0.717) is 10.5 Å². The third-order valence-electron chi connectivity index (χ3n) is 3.50. The molecule has 0 aliphatic carbocycles. The van der Waals surface area contributed by atoms with Gasteiger partial charge in [0.05, 0.1) is 11.4 Å². The van der Waals surface area contributed by atoms with Crippen LogP contribution in [0.1, 0.15) is 11.1 Å². The number of thioether (sulfide) groups is 1. The van der Waals surface area contributed by atoms with Gasteiger partial charge in [-0.3, -0.25) is 14.5 Å². The van der Waals surface area contributed by atoms with Gasteiger partial charge in [0.2, 0.25) is 0 Å². The zero-order valence-electron chi connectivity index (χ0n) is 12.7. The number of imide groups is 1. The molecule has 0 N–H and O–H groups in total. The van der Waals surface area contributed by atoms with E-state index < -0.39 is 11.7 Å². The van der Waals surface area contributed by atoms with Gasteiger partial charge in [-0.05, 0) is 29.5 Å². The van der Waals surface area contributed by atoms with Crippen LogP contribution in [0.25, 0.3) is 6.08 Å². The summed E-state index contributed by atoms with van der Waals surface area (Å²) in [6.45, 7) is -0.0585. The van der Waals surface area contributed by atoms with Crippen molar-refractivity contribution in [3.05, 3.63) is 88.6 Å². The first-order valence-electron chi connectivity index (χ1n) is 7.35. The fraction of sp³-hybridized carbons (Fsp3) is 0.0526. The van der Waals surface area contributed by atoms with Crippen LogP contribution in [0.5, 0.6) is 0 Å². The molecule has 24 heavy (non-hydrogen) atoms. The number of hydrogen-bond donors (Lipinski definition) is 0.